The van der Waals surface area contributed by atoms with E-state index >= 15 is 0 Å². The Kier molecular flexibility index (Phi) is 6.72. The standard InChI is InChI=1S/C24H23FN2O5S2/c1-15-6-10-17(11-7-15)27(34(30,31)18-12-8-16(25)9-13-18)14-21(28)26-23-22(24(29)32-2)19-4-3-5-20(19)33-23/h6-13H,3-5,14H2,1-2H3,(H,26,28). The van der Waals surface area contributed by atoms with Crippen LogP contribution in [0.3, 0.4) is 0 Å². The van der Waals surface area contributed by atoms with Crippen LogP contribution < -0.4 is 9.62 Å². The number of carbonyl (C=O) groups excluding carboxylic acids is 2. The molecule has 7 nitrogen and oxygen atoms in total. The zero-order chi connectivity index (χ0) is 24.5. The van der Waals surface area contributed by atoms with Crippen molar-refractivity contribution in [3.63, 3.8) is 0 Å². The average Bonchev–Trinajstić information content (AvgIpc) is 3.39. The number of carbonyl (C=O) groups is 2. The van der Waals surface area contributed by atoms with Gasteiger partial charge in [-0.25, -0.2) is 17.6 Å². The Hall–Kier alpha value is -3.24. The van der Waals surface area contributed by atoms with Crippen LogP contribution in [-0.2, 0) is 32.4 Å². The lowest BCUT2D eigenvalue weighted by molar-refractivity contribution is -0.114. The van der Waals surface area contributed by atoms with Crippen LogP contribution >= 0.6 is 11.3 Å². The van der Waals surface area contributed by atoms with E-state index in [-0.39, 0.29) is 10.6 Å². The summed E-state index contributed by atoms with van der Waals surface area (Å²) in [5, 5.41) is 3.06. The first-order valence-corrected chi connectivity index (χ1v) is 12.8. The number of methoxy groups -OCH3 is 1. The molecule has 1 aromatic heterocycles. The third kappa shape index (κ3) is 4.69. The highest BCUT2D eigenvalue weighted by molar-refractivity contribution is 7.92. The largest absolute Gasteiger partial charge is 0.465 e. The lowest BCUT2D eigenvalue weighted by atomic mass is 10.1. The average molecular weight is 503 g/mol. The van der Waals surface area contributed by atoms with Crippen molar-refractivity contribution in [3.05, 3.63) is 75.9 Å². The van der Waals surface area contributed by atoms with Crippen LogP contribution in [-0.4, -0.2) is 33.9 Å². The molecule has 0 saturated heterocycles. The number of halogens is 1. The number of ether oxygens (including phenoxy) is 1. The minimum absolute atomic E-state index is 0.146. The molecule has 3 aromatic rings. The van der Waals surface area contributed by atoms with Crippen LogP contribution in [0, 0.1) is 12.7 Å². The highest BCUT2D eigenvalue weighted by Crippen LogP contribution is 2.39. The number of sulfonamides is 1. The number of rotatable bonds is 7. The Morgan fingerprint density at radius 1 is 1.09 bits per heavy atom. The van der Waals surface area contributed by atoms with Crippen LogP contribution in [0.5, 0.6) is 0 Å². The summed E-state index contributed by atoms with van der Waals surface area (Å²) in [6.45, 7) is 1.32. The van der Waals surface area contributed by atoms with Crippen LogP contribution in [0.15, 0.2) is 53.4 Å². The number of aryl methyl sites for hydroxylation is 2. The molecule has 1 heterocycles. The fraction of sp³-hybridized carbons (Fsp3) is 0.250. The first-order valence-electron chi connectivity index (χ1n) is 10.6. The molecular formula is C24H23FN2O5S2. The van der Waals surface area contributed by atoms with Crippen LogP contribution in [0.25, 0.3) is 0 Å². The van der Waals surface area contributed by atoms with E-state index in [1.807, 2.05) is 6.92 Å². The number of benzene rings is 2. The Morgan fingerprint density at radius 2 is 1.76 bits per heavy atom. The molecule has 4 rings (SSSR count). The maximum absolute atomic E-state index is 13.4. The van der Waals surface area contributed by atoms with Gasteiger partial charge in [-0.3, -0.25) is 9.10 Å². The van der Waals surface area contributed by atoms with Gasteiger partial charge in [0.05, 0.1) is 23.3 Å². The van der Waals surface area contributed by atoms with Crippen molar-refractivity contribution >= 4 is 43.9 Å². The van der Waals surface area contributed by atoms with Gasteiger partial charge in [-0.1, -0.05) is 17.7 Å². The lowest BCUT2D eigenvalue weighted by Gasteiger charge is -2.24. The van der Waals surface area contributed by atoms with Gasteiger partial charge in [0, 0.05) is 4.88 Å². The number of fused-ring (bicyclic) bond motifs is 1. The molecule has 0 unspecified atom stereocenters. The van der Waals surface area contributed by atoms with Crippen molar-refractivity contribution in [2.45, 2.75) is 31.1 Å². The summed E-state index contributed by atoms with van der Waals surface area (Å²) in [4.78, 5) is 26.3. The summed E-state index contributed by atoms with van der Waals surface area (Å²) < 4.78 is 46.1. The van der Waals surface area contributed by atoms with E-state index in [1.165, 1.54) is 18.4 Å². The summed E-state index contributed by atoms with van der Waals surface area (Å²) in [7, 11) is -2.90. The van der Waals surface area contributed by atoms with E-state index in [2.05, 4.69) is 5.32 Å². The molecule has 178 valence electrons. The molecule has 1 aliphatic carbocycles. The molecule has 2 aromatic carbocycles. The molecule has 0 radical (unpaired) electrons. The molecule has 0 atom stereocenters. The second-order valence-electron chi connectivity index (χ2n) is 7.90. The summed E-state index contributed by atoms with van der Waals surface area (Å²) >= 11 is 1.31. The number of esters is 1. The normalized spacial score (nSPS) is 12.8. The third-order valence-electron chi connectivity index (χ3n) is 5.57. The van der Waals surface area contributed by atoms with Crippen LogP contribution in [0.1, 0.15) is 32.8 Å². The number of nitrogens with one attached hydrogen (secondary N) is 1. The van der Waals surface area contributed by atoms with Gasteiger partial charge in [0.15, 0.2) is 0 Å². The fourth-order valence-corrected chi connectivity index (χ4v) is 6.58. The van der Waals surface area contributed by atoms with Gasteiger partial charge < -0.3 is 10.1 Å². The van der Waals surface area contributed by atoms with Gasteiger partial charge >= 0.3 is 5.97 Å². The monoisotopic (exact) mass is 502 g/mol. The Balaban J connectivity index is 1.66. The maximum atomic E-state index is 13.4. The van der Waals surface area contributed by atoms with E-state index in [9.17, 15) is 22.4 Å². The third-order valence-corrected chi connectivity index (χ3v) is 8.57. The molecule has 0 aliphatic heterocycles. The first-order chi connectivity index (χ1) is 16.2. The number of hydrogen-bond acceptors (Lipinski definition) is 6. The maximum Gasteiger partial charge on any atom is 0.341 e. The number of hydrogen-bond donors (Lipinski definition) is 1. The second kappa shape index (κ2) is 9.55. The summed E-state index contributed by atoms with van der Waals surface area (Å²) in [5.74, 6) is -1.72. The predicted molar refractivity (Wildman–Crippen MR) is 128 cm³/mol. The topological polar surface area (TPSA) is 92.8 Å². The van der Waals surface area contributed by atoms with Gasteiger partial charge in [0.1, 0.15) is 17.4 Å². The highest BCUT2D eigenvalue weighted by atomic mass is 32.2. The van der Waals surface area contributed by atoms with Gasteiger partial charge in [-0.05, 0) is 68.1 Å². The van der Waals surface area contributed by atoms with Crippen LogP contribution in [0.4, 0.5) is 15.1 Å². The number of nitrogens with zero attached hydrogens (tertiary/aromatic N) is 1. The molecule has 0 bridgehead atoms. The zero-order valence-corrected chi connectivity index (χ0v) is 20.3. The van der Waals surface area contributed by atoms with Gasteiger partial charge in [0.2, 0.25) is 5.91 Å². The van der Waals surface area contributed by atoms with Crippen molar-refractivity contribution in [2.24, 2.45) is 0 Å². The first kappa shape index (κ1) is 23.9. The molecule has 0 spiro atoms. The molecule has 0 fully saturated rings. The van der Waals surface area contributed by atoms with Crippen LogP contribution in [0.2, 0.25) is 0 Å². The van der Waals surface area contributed by atoms with E-state index in [0.29, 0.717) is 10.6 Å². The van der Waals surface area contributed by atoms with Crippen molar-refractivity contribution in [1.82, 2.24) is 0 Å². The molecule has 0 saturated carbocycles. The zero-order valence-electron chi connectivity index (χ0n) is 18.6. The van der Waals surface area contributed by atoms with Crippen molar-refractivity contribution in [2.75, 3.05) is 23.3 Å². The molecule has 1 aliphatic rings. The number of anilines is 2. The quantitative estimate of drug-likeness (QED) is 0.486. The van der Waals surface area contributed by atoms with Gasteiger partial charge in [0.25, 0.3) is 10.0 Å². The van der Waals surface area contributed by atoms with Crippen molar-refractivity contribution in [1.29, 1.82) is 0 Å². The van der Waals surface area contributed by atoms with Crippen molar-refractivity contribution in [3.8, 4) is 0 Å². The Labute approximate surface area is 201 Å². The molecule has 1 amide bonds. The lowest BCUT2D eigenvalue weighted by Crippen LogP contribution is -2.38. The smallest absolute Gasteiger partial charge is 0.341 e. The number of thiophene rings is 1. The van der Waals surface area contributed by atoms with E-state index in [0.717, 1.165) is 63.8 Å². The summed E-state index contributed by atoms with van der Waals surface area (Å²) in [6, 6.07) is 11.1. The highest BCUT2D eigenvalue weighted by Gasteiger charge is 2.31. The van der Waals surface area contributed by atoms with Crippen molar-refractivity contribution < 1.29 is 27.1 Å². The fourth-order valence-electron chi connectivity index (χ4n) is 3.87. The van der Waals surface area contributed by atoms with E-state index in [4.69, 9.17) is 4.74 Å². The van der Waals surface area contributed by atoms with Gasteiger partial charge in [-0.2, -0.15) is 0 Å². The number of amides is 1. The van der Waals surface area contributed by atoms with Gasteiger partial charge in [-0.15, -0.1) is 11.3 Å². The Bertz CT molecular complexity index is 1330. The van der Waals surface area contributed by atoms with E-state index in [1.54, 1.807) is 24.3 Å². The van der Waals surface area contributed by atoms with E-state index < -0.39 is 34.3 Å². The predicted octanol–water partition coefficient (Wildman–Crippen LogP) is 4.30. The second-order valence-corrected chi connectivity index (χ2v) is 10.9. The molecule has 34 heavy (non-hydrogen) atoms. The minimum Gasteiger partial charge on any atom is -0.465 e. The SMILES string of the molecule is COC(=O)c1c(NC(=O)CN(c2ccc(C)cc2)S(=O)(=O)c2ccc(F)cc2)sc2c1CCC2. The molecule has 10 heteroatoms. The molecule has 1 N–H and O–H groups in total. The molecular weight excluding hydrogens is 479 g/mol. The Morgan fingerprint density at radius 3 is 2.41 bits per heavy atom. The summed E-state index contributed by atoms with van der Waals surface area (Å²) in [5.41, 5.74) is 2.41. The minimum atomic E-state index is -4.18. The summed E-state index contributed by atoms with van der Waals surface area (Å²) in [6.07, 6.45) is 2.46.